The predicted molar refractivity (Wildman–Crippen MR) is 80.9 cm³/mol. The van der Waals surface area contributed by atoms with E-state index in [2.05, 4.69) is 18.7 Å². The number of likely N-dealkylation sites (tertiary alicyclic amines) is 2. The fraction of sp³-hybridized carbons (Fsp3) is 0.625. The van der Waals surface area contributed by atoms with Crippen LogP contribution in [0.25, 0.3) is 0 Å². The van der Waals surface area contributed by atoms with E-state index in [9.17, 15) is 9.59 Å². The van der Waals surface area contributed by atoms with Crippen molar-refractivity contribution in [3.63, 3.8) is 0 Å². The molecule has 0 aromatic carbocycles. The van der Waals surface area contributed by atoms with Crippen LogP contribution in [0.1, 0.15) is 32.3 Å². The molecule has 1 amide bonds. The van der Waals surface area contributed by atoms with Crippen LogP contribution >= 0.6 is 0 Å². The van der Waals surface area contributed by atoms with Crippen LogP contribution in [0.3, 0.4) is 0 Å². The second kappa shape index (κ2) is 5.30. The number of carbonyl (C=O) groups is 1. The van der Waals surface area contributed by atoms with Crippen molar-refractivity contribution in [2.45, 2.75) is 51.4 Å². The Morgan fingerprint density at radius 1 is 1.29 bits per heavy atom. The zero-order chi connectivity index (χ0) is 15.1. The lowest BCUT2D eigenvalue weighted by Crippen LogP contribution is -2.41. The maximum atomic E-state index is 12.2. The molecule has 0 aliphatic carbocycles. The standard InChI is InChI=1S/C16H23N3O2/c1-11(2)19-13-6-8-18(14(13)9-15(19)20)10-12-5-4-7-17(3)16(12)21/h4-5,7,11,13-14H,6,8-10H2,1-3H3/t13-,14-/m0/s1. The Bertz CT molecular complexity index is 608. The molecule has 21 heavy (non-hydrogen) atoms. The monoisotopic (exact) mass is 289 g/mol. The van der Waals surface area contributed by atoms with Gasteiger partial charge in [-0.25, -0.2) is 0 Å². The van der Waals surface area contributed by atoms with Crippen molar-refractivity contribution in [1.82, 2.24) is 14.4 Å². The summed E-state index contributed by atoms with van der Waals surface area (Å²) in [5.74, 6) is 0.255. The minimum absolute atomic E-state index is 0.0611. The van der Waals surface area contributed by atoms with E-state index in [-0.39, 0.29) is 23.6 Å². The topological polar surface area (TPSA) is 45.6 Å². The van der Waals surface area contributed by atoms with Crippen LogP contribution < -0.4 is 5.56 Å². The maximum absolute atomic E-state index is 12.2. The highest BCUT2D eigenvalue weighted by Gasteiger charge is 2.47. The van der Waals surface area contributed by atoms with E-state index in [0.717, 1.165) is 18.5 Å². The average Bonchev–Trinajstić information content (AvgIpc) is 2.93. The van der Waals surface area contributed by atoms with Crippen LogP contribution in [-0.2, 0) is 18.4 Å². The van der Waals surface area contributed by atoms with E-state index >= 15 is 0 Å². The Morgan fingerprint density at radius 2 is 2.05 bits per heavy atom. The fourth-order valence-corrected chi connectivity index (χ4v) is 3.82. The molecule has 1 aromatic rings. The number of fused-ring (bicyclic) bond motifs is 1. The van der Waals surface area contributed by atoms with Gasteiger partial charge in [-0.05, 0) is 26.3 Å². The van der Waals surface area contributed by atoms with Crippen molar-refractivity contribution in [3.8, 4) is 0 Å². The summed E-state index contributed by atoms with van der Waals surface area (Å²) >= 11 is 0. The third-order valence-corrected chi connectivity index (χ3v) is 4.79. The Hall–Kier alpha value is -1.62. The van der Waals surface area contributed by atoms with Gasteiger partial charge >= 0.3 is 0 Å². The number of carbonyl (C=O) groups excluding carboxylic acids is 1. The number of hydrogen-bond donors (Lipinski definition) is 0. The van der Waals surface area contributed by atoms with Gasteiger partial charge in [0.05, 0.1) is 0 Å². The van der Waals surface area contributed by atoms with Crippen LogP contribution in [0.5, 0.6) is 0 Å². The lowest BCUT2D eigenvalue weighted by atomic mass is 10.1. The number of rotatable bonds is 3. The number of aryl methyl sites for hydroxylation is 1. The third-order valence-electron chi connectivity index (χ3n) is 4.79. The molecule has 0 unspecified atom stereocenters. The van der Waals surface area contributed by atoms with Gasteiger partial charge in [0.15, 0.2) is 0 Å². The van der Waals surface area contributed by atoms with Gasteiger partial charge in [0.1, 0.15) is 0 Å². The Labute approximate surface area is 125 Å². The summed E-state index contributed by atoms with van der Waals surface area (Å²) in [4.78, 5) is 28.7. The molecule has 2 aliphatic rings. The molecule has 2 atom stereocenters. The summed E-state index contributed by atoms with van der Waals surface area (Å²) in [6.07, 6.45) is 3.38. The first-order chi connectivity index (χ1) is 9.99. The van der Waals surface area contributed by atoms with Crippen molar-refractivity contribution in [2.24, 2.45) is 7.05 Å². The molecule has 0 radical (unpaired) electrons. The molecule has 114 valence electrons. The summed E-state index contributed by atoms with van der Waals surface area (Å²) in [5, 5.41) is 0. The SMILES string of the molecule is CC(C)N1C(=O)C[C@H]2[C@@H]1CCN2Cc1cccn(C)c1=O. The molecular formula is C16H23N3O2. The number of hydrogen-bond acceptors (Lipinski definition) is 3. The molecule has 0 N–H and O–H groups in total. The summed E-state index contributed by atoms with van der Waals surface area (Å²) in [5.41, 5.74) is 0.877. The number of pyridine rings is 1. The minimum Gasteiger partial charge on any atom is -0.336 e. The van der Waals surface area contributed by atoms with Crippen LogP contribution in [0.4, 0.5) is 0 Å². The maximum Gasteiger partial charge on any atom is 0.254 e. The highest BCUT2D eigenvalue weighted by atomic mass is 16.2. The zero-order valence-electron chi connectivity index (χ0n) is 13.0. The molecule has 3 heterocycles. The molecular weight excluding hydrogens is 266 g/mol. The second-order valence-corrected chi connectivity index (χ2v) is 6.44. The quantitative estimate of drug-likeness (QED) is 0.833. The molecule has 5 nitrogen and oxygen atoms in total. The van der Waals surface area contributed by atoms with Crippen molar-refractivity contribution in [3.05, 3.63) is 34.2 Å². The van der Waals surface area contributed by atoms with Crippen molar-refractivity contribution in [2.75, 3.05) is 6.54 Å². The Kier molecular flexibility index (Phi) is 3.61. The van der Waals surface area contributed by atoms with Gasteiger partial charge in [0, 0.05) is 56.4 Å². The average molecular weight is 289 g/mol. The van der Waals surface area contributed by atoms with Crippen LogP contribution in [0.2, 0.25) is 0 Å². The van der Waals surface area contributed by atoms with Gasteiger partial charge in [0.25, 0.3) is 5.56 Å². The third kappa shape index (κ3) is 2.39. The van der Waals surface area contributed by atoms with Gasteiger partial charge in [-0.3, -0.25) is 14.5 Å². The van der Waals surface area contributed by atoms with E-state index in [1.807, 2.05) is 17.0 Å². The van der Waals surface area contributed by atoms with Crippen LogP contribution in [0.15, 0.2) is 23.1 Å². The molecule has 1 aromatic heterocycles. The first-order valence-corrected chi connectivity index (χ1v) is 7.68. The minimum atomic E-state index is 0.0611. The Balaban J connectivity index is 1.79. The second-order valence-electron chi connectivity index (χ2n) is 6.44. The van der Waals surface area contributed by atoms with E-state index in [1.165, 1.54) is 0 Å². The first-order valence-electron chi connectivity index (χ1n) is 7.68. The molecule has 0 saturated carbocycles. The summed E-state index contributed by atoms with van der Waals surface area (Å²) < 4.78 is 1.61. The number of nitrogens with zero attached hydrogens (tertiary/aromatic N) is 3. The lowest BCUT2D eigenvalue weighted by molar-refractivity contribution is -0.130. The molecule has 3 rings (SSSR count). The largest absolute Gasteiger partial charge is 0.336 e. The van der Waals surface area contributed by atoms with E-state index in [1.54, 1.807) is 17.8 Å². The summed E-state index contributed by atoms with van der Waals surface area (Å²) in [7, 11) is 1.78. The zero-order valence-corrected chi connectivity index (χ0v) is 13.0. The highest BCUT2D eigenvalue weighted by molar-refractivity contribution is 5.80. The van der Waals surface area contributed by atoms with Gasteiger partial charge in [-0.1, -0.05) is 6.07 Å². The van der Waals surface area contributed by atoms with Crippen molar-refractivity contribution in [1.29, 1.82) is 0 Å². The van der Waals surface area contributed by atoms with E-state index in [4.69, 9.17) is 0 Å². The van der Waals surface area contributed by atoms with E-state index < -0.39 is 0 Å². The smallest absolute Gasteiger partial charge is 0.254 e. The fourth-order valence-electron chi connectivity index (χ4n) is 3.82. The van der Waals surface area contributed by atoms with Crippen LogP contribution in [-0.4, -0.2) is 44.9 Å². The Morgan fingerprint density at radius 3 is 2.76 bits per heavy atom. The number of aromatic nitrogens is 1. The number of amides is 1. The molecule has 5 heteroatoms. The van der Waals surface area contributed by atoms with Gasteiger partial charge in [0.2, 0.25) is 5.91 Å². The first kappa shape index (κ1) is 14.3. The molecule has 0 spiro atoms. The van der Waals surface area contributed by atoms with Gasteiger partial charge < -0.3 is 9.47 Å². The summed E-state index contributed by atoms with van der Waals surface area (Å²) in [6, 6.07) is 4.66. The van der Waals surface area contributed by atoms with Crippen LogP contribution in [0, 0.1) is 0 Å². The van der Waals surface area contributed by atoms with Gasteiger partial charge in [-0.15, -0.1) is 0 Å². The van der Waals surface area contributed by atoms with Gasteiger partial charge in [-0.2, -0.15) is 0 Å². The normalized spacial score (nSPS) is 25.9. The van der Waals surface area contributed by atoms with Crippen molar-refractivity contribution < 1.29 is 4.79 Å². The highest BCUT2D eigenvalue weighted by Crippen LogP contribution is 2.34. The summed E-state index contributed by atoms with van der Waals surface area (Å²) in [6.45, 7) is 5.77. The molecule has 2 fully saturated rings. The van der Waals surface area contributed by atoms with E-state index in [0.29, 0.717) is 19.0 Å². The molecule has 0 bridgehead atoms. The molecule has 2 aliphatic heterocycles. The van der Waals surface area contributed by atoms with Crippen molar-refractivity contribution >= 4 is 5.91 Å². The predicted octanol–water partition coefficient (Wildman–Crippen LogP) is 0.969. The molecule has 2 saturated heterocycles. The lowest BCUT2D eigenvalue weighted by Gasteiger charge is -2.28.